The Morgan fingerprint density at radius 2 is 1.71 bits per heavy atom. The van der Waals surface area contributed by atoms with Gasteiger partial charge >= 0.3 is 6.36 Å². The van der Waals surface area contributed by atoms with E-state index in [9.17, 15) is 13.2 Å². The lowest BCUT2D eigenvalue weighted by Crippen LogP contribution is -2.33. The molecule has 0 aliphatic carbocycles. The molecule has 2 aromatic carbocycles. The minimum atomic E-state index is -4.72. The second-order valence-corrected chi connectivity index (χ2v) is 8.75. The van der Waals surface area contributed by atoms with Crippen molar-refractivity contribution >= 4 is 0 Å². The molecule has 0 unspecified atom stereocenters. The summed E-state index contributed by atoms with van der Waals surface area (Å²) in [6.07, 6.45) is -0.479. The molecule has 3 rings (SSSR count). The third kappa shape index (κ3) is 8.00. The summed E-state index contributed by atoms with van der Waals surface area (Å²) in [4.78, 5) is 6.52. The highest BCUT2D eigenvalue weighted by atomic mass is 19.4. The molecule has 0 fully saturated rings. The minimum absolute atomic E-state index is 0.198. The van der Waals surface area contributed by atoms with E-state index >= 15 is 0 Å². The summed E-state index contributed by atoms with van der Waals surface area (Å²) < 4.78 is 48.2. The molecule has 0 spiro atoms. The Kier molecular flexibility index (Phi) is 8.11. The molecule has 0 aliphatic rings. The van der Waals surface area contributed by atoms with E-state index in [0.717, 1.165) is 25.1 Å². The quantitative estimate of drug-likeness (QED) is 0.281. The molecule has 0 atom stereocenters. The van der Waals surface area contributed by atoms with Crippen molar-refractivity contribution in [2.75, 3.05) is 19.8 Å². The lowest BCUT2D eigenvalue weighted by atomic mass is 10.1. The Balaban J connectivity index is 1.60. The highest BCUT2D eigenvalue weighted by Gasteiger charge is 2.31. The molecule has 0 saturated carbocycles. The van der Waals surface area contributed by atoms with Crippen LogP contribution in [0.3, 0.4) is 0 Å². The van der Waals surface area contributed by atoms with Crippen LogP contribution in [0.5, 0.6) is 5.75 Å². The van der Waals surface area contributed by atoms with Crippen LogP contribution in [0.25, 0.3) is 17.1 Å². The number of alkyl halides is 3. The topological polar surface area (TPSA) is 52.4 Å². The molecule has 0 aliphatic heterocycles. The molecule has 6 nitrogen and oxygen atoms in total. The summed E-state index contributed by atoms with van der Waals surface area (Å²) in [7, 11) is 0. The van der Waals surface area contributed by atoms with Gasteiger partial charge in [0.05, 0.1) is 18.0 Å². The fourth-order valence-corrected chi connectivity index (χ4v) is 3.10. The molecule has 1 aromatic heterocycles. The molecule has 0 saturated heterocycles. The van der Waals surface area contributed by atoms with Crippen LogP contribution >= 0.6 is 0 Å². The summed E-state index contributed by atoms with van der Waals surface area (Å²) in [5, 5.41) is 4.44. The van der Waals surface area contributed by atoms with E-state index in [-0.39, 0.29) is 11.4 Å². The maximum atomic E-state index is 12.3. The average molecular weight is 475 g/mol. The summed E-state index contributed by atoms with van der Waals surface area (Å²) in [6.45, 7) is 12.0. The highest BCUT2D eigenvalue weighted by molar-refractivity contribution is 5.55. The monoisotopic (exact) mass is 474 g/mol. The maximum absolute atomic E-state index is 12.3. The second kappa shape index (κ2) is 10.8. The predicted octanol–water partition coefficient (Wildman–Crippen LogP) is 5.64. The zero-order chi connectivity index (χ0) is 24.8. The van der Waals surface area contributed by atoms with Crippen molar-refractivity contribution in [2.24, 2.45) is 0 Å². The smallest absolute Gasteiger partial charge is 0.406 e. The first kappa shape index (κ1) is 25.5. The first-order valence-electron chi connectivity index (χ1n) is 10.9. The van der Waals surface area contributed by atoms with Crippen LogP contribution in [-0.2, 0) is 11.2 Å². The third-order valence-corrected chi connectivity index (χ3v) is 4.82. The summed E-state index contributed by atoms with van der Waals surface area (Å²) in [6, 6.07) is 13.4. The van der Waals surface area contributed by atoms with E-state index in [2.05, 4.69) is 26.3 Å². The number of ether oxygens (including phenoxy) is 2. The molecule has 9 heteroatoms. The fraction of sp³-hybridized carbons (Fsp3) is 0.360. The molecule has 34 heavy (non-hydrogen) atoms. The van der Waals surface area contributed by atoms with Gasteiger partial charge in [0, 0.05) is 18.7 Å². The zero-order valence-corrected chi connectivity index (χ0v) is 19.5. The first-order valence-corrected chi connectivity index (χ1v) is 10.9. The SMILES string of the molecule is C=CCN(CCc1ccc(-c2ncn(-c3ccc(OC(F)(F)F)cc3)n2)cc1)COC(C)(C)C. The lowest BCUT2D eigenvalue weighted by molar-refractivity contribution is -0.274. The summed E-state index contributed by atoms with van der Waals surface area (Å²) >= 11 is 0. The molecule has 0 radical (unpaired) electrons. The van der Waals surface area contributed by atoms with Gasteiger partial charge in [-0.2, -0.15) is 0 Å². The van der Waals surface area contributed by atoms with Crippen molar-refractivity contribution < 1.29 is 22.6 Å². The number of halogens is 3. The van der Waals surface area contributed by atoms with Crippen LogP contribution in [0.4, 0.5) is 13.2 Å². The molecule has 0 amide bonds. The summed E-state index contributed by atoms with van der Waals surface area (Å²) in [5.41, 5.74) is 2.40. The van der Waals surface area contributed by atoms with E-state index in [4.69, 9.17) is 4.74 Å². The molecule has 3 aromatic rings. The Morgan fingerprint density at radius 1 is 1.03 bits per heavy atom. The highest BCUT2D eigenvalue weighted by Crippen LogP contribution is 2.24. The number of hydrogen-bond donors (Lipinski definition) is 0. The largest absolute Gasteiger partial charge is 0.573 e. The normalized spacial score (nSPS) is 12.2. The van der Waals surface area contributed by atoms with Gasteiger partial charge in [0.15, 0.2) is 5.82 Å². The van der Waals surface area contributed by atoms with Crippen molar-refractivity contribution in [3.63, 3.8) is 0 Å². The van der Waals surface area contributed by atoms with Crippen molar-refractivity contribution in [1.29, 1.82) is 0 Å². The van der Waals surface area contributed by atoms with Crippen molar-refractivity contribution in [1.82, 2.24) is 19.7 Å². The average Bonchev–Trinajstić information content (AvgIpc) is 3.25. The van der Waals surface area contributed by atoms with Gasteiger partial charge in [-0.15, -0.1) is 24.8 Å². The van der Waals surface area contributed by atoms with Crippen LogP contribution in [0, 0.1) is 0 Å². The zero-order valence-electron chi connectivity index (χ0n) is 19.5. The molecular formula is C25H29F3N4O2. The summed E-state index contributed by atoms with van der Waals surface area (Å²) in [5.74, 6) is 0.234. The van der Waals surface area contributed by atoms with Gasteiger partial charge in [0.2, 0.25) is 0 Å². The molecule has 182 valence electrons. The van der Waals surface area contributed by atoms with Gasteiger partial charge in [-0.3, -0.25) is 4.90 Å². The number of benzene rings is 2. The van der Waals surface area contributed by atoms with Gasteiger partial charge in [-0.05, 0) is 57.0 Å². The van der Waals surface area contributed by atoms with E-state index in [1.807, 2.05) is 51.1 Å². The predicted molar refractivity (Wildman–Crippen MR) is 125 cm³/mol. The van der Waals surface area contributed by atoms with Crippen LogP contribution in [-0.4, -0.2) is 51.4 Å². The third-order valence-electron chi connectivity index (χ3n) is 4.82. The molecule has 0 bridgehead atoms. The van der Waals surface area contributed by atoms with Crippen molar-refractivity contribution in [2.45, 2.75) is 39.2 Å². The van der Waals surface area contributed by atoms with E-state index in [1.165, 1.54) is 40.8 Å². The Labute approximate surface area is 197 Å². The van der Waals surface area contributed by atoms with Gasteiger partial charge in [-0.25, -0.2) is 9.67 Å². The number of hydrogen-bond acceptors (Lipinski definition) is 5. The number of aromatic nitrogens is 3. The van der Waals surface area contributed by atoms with Crippen LogP contribution in [0.1, 0.15) is 26.3 Å². The van der Waals surface area contributed by atoms with Gasteiger partial charge < -0.3 is 9.47 Å². The molecule has 1 heterocycles. The van der Waals surface area contributed by atoms with Crippen molar-refractivity contribution in [3.8, 4) is 22.8 Å². The van der Waals surface area contributed by atoms with Gasteiger partial charge in [0.25, 0.3) is 0 Å². The van der Waals surface area contributed by atoms with Gasteiger partial charge in [0.1, 0.15) is 12.1 Å². The van der Waals surface area contributed by atoms with Crippen molar-refractivity contribution in [3.05, 3.63) is 73.1 Å². The number of rotatable bonds is 10. The maximum Gasteiger partial charge on any atom is 0.573 e. The Bertz CT molecular complexity index is 1060. The van der Waals surface area contributed by atoms with Crippen LogP contribution in [0.15, 0.2) is 67.5 Å². The Hall–Kier alpha value is -3.17. The standard InChI is InChI=1S/C25H29F3N4O2/c1-5-15-31(18-33-24(2,3)4)16-14-19-6-8-20(9-7-19)23-29-17-32(30-23)21-10-12-22(13-11-21)34-25(26,27)28/h5-13,17H,1,14-16,18H2,2-4H3. The van der Waals surface area contributed by atoms with Crippen LogP contribution in [0.2, 0.25) is 0 Å². The van der Waals surface area contributed by atoms with Crippen LogP contribution < -0.4 is 4.74 Å². The molecular weight excluding hydrogens is 445 g/mol. The van der Waals surface area contributed by atoms with Gasteiger partial charge in [-0.1, -0.05) is 30.3 Å². The molecule has 0 N–H and O–H groups in total. The number of nitrogens with zero attached hydrogens (tertiary/aromatic N) is 4. The van der Waals surface area contributed by atoms with E-state index in [0.29, 0.717) is 18.2 Å². The Morgan fingerprint density at radius 3 is 2.29 bits per heavy atom. The first-order chi connectivity index (χ1) is 16.0. The second-order valence-electron chi connectivity index (χ2n) is 8.75. The van der Waals surface area contributed by atoms with E-state index in [1.54, 1.807) is 0 Å². The van der Waals surface area contributed by atoms with E-state index < -0.39 is 6.36 Å². The lowest BCUT2D eigenvalue weighted by Gasteiger charge is -2.26. The fourth-order valence-electron chi connectivity index (χ4n) is 3.10. The minimum Gasteiger partial charge on any atom is -0.406 e.